The van der Waals surface area contributed by atoms with Crippen LogP contribution < -0.4 is 19.9 Å². The molecule has 3 amide bonds. The van der Waals surface area contributed by atoms with Crippen LogP contribution in [-0.4, -0.2) is 92.3 Å². The summed E-state index contributed by atoms with van der Waals surface area (Å²) in [4.78, 5) is 49.7. The number of aliphatic hydroxyl groups is 2. The standard InChI is InChI=1S/C51H67FN4O7Si/c1-8-62-41-19-21-44-38(27-41)28-43(53-23-11-12-25-57)49(60)56(44)39-18-20-45-42(29-39)51(50(61)54(45)24-22-34(4)15-13-14-33(2)3)35(5)48(64(6,7)52)46(63-51)30-47(59)55-31-37-17-10-9-16-36(37)26-40(55)32-58/h9-10,14,16-22,27,29,35,40,43,46,48,53,57-58H,8,11-13,15,23-26,28,30-32H2,1-7H3/b34-22+/t35-,40+,43?,46+,48-,51+/m1/s1. The monoisotopic (exact) mass is 894 g/mol. The van der Waals surface area contributed by atoms with Crippen LogP contribution in [0.1, 0.15) is 89.0 Å². The third kappa shape index (κ3) is 9.37. The lowest BCUT2D eigenvalue weighted by atomic mass is 9.82. The molecule has 3 aromatic rings. The van der Waals surface area contributed by atoms with Crippen molar-refractivity contribution in [3.8, 4) is 5.75 Å². The molecule has 0 bridgehead atoms. The minimum atomic E-state index is -3.66. The van der Waals surface area contributed by atoms with Crippen LogP contribution in [-0.2, 0) is 44.1 Å². The number of halogens is 1. The van der Waals surface area contributed by atoms with Crippen molar-refractivity contribution in [1.29, 1.82) is 0 Å². The highest BCUT2D eigenvalue weighted by Crippen LogP contribution is 2.61. The van der Waals surface area contributed by atoms with Gasteiger partial charge in [-0.1, -0.05) is 54.5 Å². The van der Waals surface area contributed by atoms with Gasteiger partial charge in [0.25, 0.3) is 5.91 Å². The highest BCUT2D eigenvalue weighted by molar-refractivity contribution is 6.72. The smallest absolute Gasteiger partial charge is 0.264 e. The molecule has 3 aromatic carbocycles. The minimum absolute atomic E-state index is 0.0687. The third-order valence-electron chi connectivity index (χ3n) is 13.7. The lowest BCUT2D eigenvalue weighted by molar-refractivity contribution is -0.150. The first kappa shape index (κ1) is 47.3. The van der Waals surface area contributed by atoms with Gasteiger partial charge < -0.3 is 38.9 Å². The zero-order chi connectivity index (χ0) is 45.9. The Hall–Kier alpha value is -4.66. The van der Waals surface area contributed by atoms with Crippen molar-refractivity contribution in [3.63, 3.8) is 0 Å². The Morgan fingerprint density at radius 1 is 0.984 bits per heavy atom. The number of anilines is 3. The first-order valence-corrected chi connectivity index (χ1v) is 26.1. The molecule has 1 saturated heterocycles. The Morgan fingerprint density at radius 2 is 1.73 bits per heavy atom. The van der Waals surface area contributed by atoms with Crippen molar-refractivity contribution in [1.82, 2.24) is 10.2 Å². The predicted octanol–water partition coefficient (Wildman–Crippen LogP) is 8.19. The molecule has 0 radical (unpaired) electrons. The van der Waals surface area contributed by atoms with Gasteiger partial charge in [-0.05, 0) is 139 Å². The van der Waals surface area contributed by atoms with E-state index in [-0.39, 0.29) is 43.9 Å². The molecule has 1 unspecified atom stereocenters. The summed E-state index contributed by atoms with van der Waals surface area (Å²) >= 11 is 0. The number of carbonyl (C=O) groups excluding carboxylic acids is 3. The molecule has 0 aliphatic carbocycles. The number of aliphatic hydroxyl groups excluding tert-OH is 2. The van der Waals surface area contributed by atoms with Crippen molar-refractivity contribution in [3.05, 3.63) is 106 Å². The van der Waals surface area contributed by atoms with Gasteiger partial charge >= 0.3 is 0 Å². The average Bonchev–Trinajstić information content (AvgIpc) is 3.69. The van der Waals surface area contributed by atoms with Gasteiger partial charge in [0.1, 0.15) is 5.75 Å². The van der Waals surface area contributed by atoms with E-state index in [1.54, 1.807) is 27.8 Å². The maximum Gasteiger partial charge on any atom is 0.264 e. The van der Waals surface area contributed by atoms with Crippen molar-refractivity contribution in [2.45, 2.75) is 129 Å². The van der Waals surface area contributed by atoms with E-state index in [0.717, 1.165) is 35.1 Å². The van der Waals surface area contributed by atoms with Gasteiger partial charge in [-0.25, -0.2) is 0 Å². The molecular formula is C51H67FN4O7Si. The average molecular weight is 895 g/mol. The summed E-state index contributed by atoms with van der Waals surface area (Å²) < 4.78 is 30.0. The maximum absolute atomic E-state index is 17.0. The molecule has 3 N–H and O–H groups in total. The van der Waals surface area contributed by atoms with E-state index in [0.29, 0.717) is 73.8 Å². The van der Waals surface area contributed by atoms with E-state index in [1.165, 1.54) is 5.57 Å². The lowest BCUT2D eigenvalue weighted by Gasteiger charge is -2.37. The number of ether oxygens (including phenoxy) is 2. The fraction of sp³-hybridized carbons (Fsp3) is 0.510. The number of hydrogen-bond acceptors (Lipinski definition) is 8. The number of fused-ring (bicyclic) bond motifs is 4. The van der Waals surface area contributed by atoms with Gasteiger partial charge in [0.2, 0.25) is 20.2 Å². The second kappa shape index (κ2) is 19.8. The number of unbranched alkanes of at least 4 members (excludes halogenated alkanes) is 1. The number of allylic oxidation sites excluding steroid dienone is 3. The molecule has 1 spiro atoms. The maximum atomic E-state index is 17.0. The van der Waals surface area contributed by atoms with Crippen LogP contribution in [0.25, 0.3) is 0 Å². The molecule has 13 heteroatoms. The van der Waals surface area contributed by atoms with Gasteiger partial charge in [-0.2, -0.15) is 0 Å². The normalized spacial score (nSPS) is 24.2. The highest BCUT2D eigenvalue weighted by Gasteiger charge is 2.67. The van der Waals surface area contributed by atoms with Crippen LogP contribution in [0.3, 0.4) is 0 Å². The lowest BCUT2D eigenvalue weighted by Crippen LogP contribution is -2.49. The zero-order valence-corrected chi connectivity index (χ0v) is 39.7. The number of amides is 3. The summed E-state index contributed by atoms with van der Waals surface area (Å²) in [5, 5.41) is 23.3. The van der Waals surface area contributed by atoms with Gasteiger partial charge in [0.05, 0.1) is 49.2 Å². The van der Waals surface area contributed by atoms with E-state index in [4.69, 9.17) is 9.47 Å². The summed E-state index contributed by atoms with van der Waals surface area (Å²) in [6, 6.07) is 18.2. The second-order valence-corrected chi connectivity index (χ2v) is 22.6. The SMILES string of the molecule is CCOc1ccc2c(c1)CC(NCCCCO)C(=O)N2c1ccc2c(c1)[C@]1(O[C@@H](CC(=O)N3Cc4ccccc4C[C@H]3CO)[C@H]([Si](C)(C)F)[C@H]1C)C(=O)N2C/C=C(\C)CCC=C(C)C. The molecular weight excluding hydrogens is 828 g/mol. The quantitative estimate of drug-likeness (QED) is 0.0536. The summed E-state index contributed by atoms with van der Waals surface area (Å²) in [6.45, 7) is 14.8. The largest absolute Gasteiger partial charge is 0.494 e. The van der Waals surface area contributed by atoms with Crippen molar-refractivity contribution in [2.75, 3.05) is 42.7 Å². The van der Waals surface area contributed by atoms with E-state index >= 15 is 8.90 Å². The van der Waals surface area contributed by atoms with Crippen molar-refractivity contribution >= 4 is 43.2 Å². The summed E-state index contributed by atoms with van der Waals surface area (Å²) in [5.41, 5.74) is 5.43. The molecule has 1 fully saturated rings. The molecule has 6 atom stereocenters. The van der Waals surface area contributed by atoms with E-state index < -0.39 is 43.7 Å². The van der Waals surface area contributed by atoms with Crippen molar-refractivity contribution < 1.29 is 38.2 Å². The molecule has 64 heavy (non-hydrogen) atoms. The molecule has 4 aliphatic rings. The molecule has 11 nitrogen and oxygen atoms in total. The first-order valence-electron chi connectivity index (χ1n) is 23.2. The Labute approximate surface area is 379 Å². The van der Waals surface area contributed by atoms with Crippen molar-refractivity contribution in [2.24, 2.45) is 5.92 Å². The zero-order valence-electron chi connectivity index (χ0n) is 38.7. The topological polar surface area (TPSA) is 132 Å². The van der Waals surface area contributed by atoms with E-state index in [1.807, 2.05) is 74.5 Å². The molecule has 4 heterocycles. The first-order chi connectivity index (χ1) is 30.6. The molecule has 7 rings (SSSR count). The summed E-state index contributed by atoms with van der Waals surface area (Å²) in [7, 11) is -3.66. The Bertz CT molecular complexity index is 2270. The number of carbonyl (C=O) groups is 3. The van der Waals surface area contributed by atoms with Crippen LogP contribution in [0, 0.1) is 5.92 Å². The Morgan fingerprint density at radius 3 is 2.44 bits per heavy atom. The Balaban J connectivity index is 1.31. The summed E-state index contributed by atoms with van der Waals surface area (Å²) in [6.07, 6.45) is 7.17. The van der Waals surface area contributed by atoms with Gasteiger partial charge in [0.15, 0.2) is 5.60 Å². The minimum Gasteiger partial charge on any atom is -0.494 e. The number of benzene rings is 3. The van der Waals surface area contributed by atoms with Crippen LogP contribution in [0.4, 0.5) is 21.2 Å². The summed E-state index contributed by atoms with van der Waals surface area (Å²) in [5.74, 6) is -0.692. The van der Waals surface area contributed by atoms with E-state index in [2.05, 4.69) is 38.2 Å². The Kier molecular flexibility index (Phi) is 14.7. The third-order valence-corrected chi connectivity index (χ3v) is 16.2. The fourth-order valence-electron chi connectivity index (χ4n) is 10.5. The number of hydrogen-bond donors (Lipinski definition) is 3. The molecule has 0 saturated carbocycles. The van der Waals surface area contributed by atoms with Crippen LogP contribution in [0.2, 0.25) is 18.6 Å². The molecule has 4 aliphatic heterocycles. The number of nitrogens with zero attached hydrogens (tertiary/aromatic N) is 3. The number of rotatable bonds is 17. The molecule has 344 valence electrons. The fourth-order valence-corrected chi connectivity index (χ4v) is 13.0. The molecule has 0 aromatic heterocycles. The van der Waals surface area contributed by atoms with Crippen LogP contribution in [0.15, 0.2) is 84.0 Å². The number of nitrogens with one attached hydrogen (secondary N) is 1. The van der Waals surface area contributed by atoms with Gasteiger partial charge in [-0.3, -0.25) is 19.3 Å². The second-order valence-electron chi connectivity index (χ2n) is 18.8. The van der Waals surface area contributed by atoms with Gasteiger partial charge in [0, 0.05) is 42.4 Å². The van der Waals surface area contributed by atoms with Gasteiger partial charge in [-0.15, -0.1) is 0 Å². The van der Waals surface area contributed by atoms with E-state index in [9.17, 15) is 19.8 Å². The van der Waals surface area contributed by atoms with Crippen LogP contribution in [0.5, 0.6) is 5.75 Å². The van der Waals surface area contributed by atoms with Crippen LogP contribution >= 0.6 is 0 Å². The highest BCUT2D eigenvalue weighted by atomic mass is 28.4. The predicted molar refractivity (Wildman–Crippen MR) is 252 cm³/mol.